The van der Waals surface area contributed by atoms with E-state index in [4.69, 9.17) is 6.42 Å². The van der Waals surface area contributed by atoms with Gasteiger partial charge in [-0.2, -0.15) is 0 Å². The Hall–Kier alpha value is -1.26. The van der Waals surface area contributed by atoms with Crippen LogP contribution in [0.5, 0.6) is 0 Å². The van der Waals surface area contributed by atoms with Gasteiger partial charge in [0.15, 0.2) is 5.60 Å². The van der Waals surface area contributed by atoms with E-state index in [1.807, 2.05) is 18.2 Å². The van der Waals surface area contributed by atoms with E-state index in [9.17, 15) is 5.11 Å². The summed E-state index contributed by atoms with van der Waals surface area (Å²) in [6.45, 7) is 3.48. The van der Waals surface area contributed by atoms with Gasteiger partial charge in [-0.25, -0.2) is 0 Å². The number of rotatable bonds is 1. The van der Waals surface area contributed by atoms with Gasteiger partial charge in [-0.05, 0) is 12.5 Å². The van der Waals surface area contributed by atoms with Gasteiger partial charge in [0.05, 0.1) is 0 Å². The molecule has 0 spiro atoms. The molecule has 0 aliphatic carbocycles. The van der Waals surface area contributed by atoms with Crippen LogP contribution in [0.3, 0.4) is 0 Å². The first kappa shape index (κ1) is 7.84. The van der Waals surface area contributed by atoms with Crippen LogP contribution in [0.2, 0.25) is 0 Å². The van der Waals surface area contributed by atoms with Crippen LogP contribution in [0.25, 0.3) is 0 Å². The van der Waals surface area contributed by atoms with Gasteiger partial charge in [-0.15, -0.1) is 6.42 Å². The second kappa shape index (κ2) is 2.77. The molecule has 0 saturated heterocycles. The zero-order valence-electron chi connectivity index (χ0n) is 6.12. The standard InChI is InChI=1S/C10H9O/c1-3-10(2,11)9-7-5-4-6-8-9/h1,4-8,11H,2H2. The third-order valence-corrected chi connectivity index (χ3v) is 1.49. The van der Waals surface area contributed by atoms with Crippen LogP contribution < -0.4 is 0 Å². The first-order valence-corrected chi connectivity index (χ1v) is 3.28. The van der Waals surface area contributed by atoms with Gasteiger partial charge in [0.2, 0.25) is 0 Å². The van der Waals surface area contributed by atoms with E-state index in [2.05, 4.69) is 12.8 Å². The van der Waals surface area contributed by atoms with Crippen LogP contribution in [0, 0.1) is 19.3 Å². The molecule has 1 rings (SSSR count). The normalized spacial score (nSPS) is 15.0. The van der Waals surface area contributed by atoms with Crippen LogP contribution >= 0.6 is 0 Å². The average molecular weight is 145 g/mol. The van der Waals surface area contributed by atoms with Crippen molar-refractivity contribution in [3.8, 4) is 12.3 Å². The second-order valence-electron chi connectivity index (χ2n) is 2.37. The lowest BCUT2D eigenvalue weighted by Crippen LogP contribution is -2.18. The van der Waals surface area contributed by atoms with E-state index >= 15 is 0 Å². The lowest BCUT2D eigenvalue weighted by atomic mass is 9.97. The summed E-state index contributed by atoms with van der Waals surface area (Å²) in [6.07, 6.45) is 5.08. The van der Waals surface area contributed by atoms with E-state index in [-0.39, 0.29) is 0 Å². The highest BCUT2D eigenvalue weighted by atomic mass is 16.3. The molecule has 1 nitrogen and oxygen atoms in total. The number of hydrogen-bond acceptors (Lipinski definition) is 1. The minimum atomic E-state index is -1.39. The van der Waals surface area contributed by atoms with Crippen molar-refractivity contribution in [1.29, 1.82) is 0 Å². The van der Waals surface area contributed by atoms with E-state index in [0.717, 1.165) is 0 Å². The van der Waals surface area contributed by atoms with Crippen molar-refractivity contribution in [3.05, 3.63) is 42.8 Å². The first-order valence-electron chi connectivity index (χ1n) is 3.28. The Morgan fingerprint density at radius 2 is 1.91 bits per heavy atom. The third-order valence-electron chi connectivity index (χ3n) is 1.49. The Morgan fingerprint density at radius 3 is 2.36 bits per heavy atom. The molecule has 0 aliphatic rings. The molecule has 55 valence electrons. The SMILES string of the molecule is C#CC([CH2])(O)c1ccccc1. The molecule has 1 aromatic carbocycles. The lowest BCUT2D eigenvalue weighted by Gasteiger charge is -2.15. The van der Waals surface area contributed by atoms with Crippen molar-refractivity contribution in [3.63, 3.8) is 0 Å². The summed E-state index contributed by atoms with van der Waals surface area (Å²) < 4.78 is 0. The van der Waals surface area contributed by atoms with Crippen LogP contribution in [0.1, 0.15) is 5.56 Å². The summed E-state index contributed by atoms with van der Waals surface area (Å²) in [6, 6.07) is 8.96. The molecule has 1 radical (unpaired) electrons. The van der Waals surface area contributed by atoms with Crippen molar-refractivity contribution in [2.75, 3.05) is 0 Å². The molecule has 0 saturated carbocycles. The fourth-order valence-electron chi connectivity index (χ4n) is 0.797. The fraction of sp³-hybridized carbons (Fsp3) is 0.100. The average Bonchev–Trinajstić information content (AvgIpc) is 2.06. The van der Waals surface area contributed by atoms with Crippen molar-refractivity contribution < 1.29 is 5.11 Å². The van der Waals surface area contributed by atoms with Gasteiger partial charge in [-0.3, -0.25) is 0 Å². The number of hydrogen-bond donors (Lipinski definition) is 1. The second-order valence-corrected chi connectivity index (χ2v) is 2.37. The van der Waals surface area contributed by atoms with Crippen LogP contribution in [-0.4, -0.2) is 5.11 Å². The number of benzene rings is 1. The molecule has 0 aliphatic heterocycles. The monoisotopic (exact) mass is 145 g/mol. The van der Waals surface area contributed by atoms with E-state index in [1.165, 1.54) is 0 Å². The highest BCUT2D eigenvalue weighted by molar-refractivity contribution is 5.31. The van der Waals surface area contributed by atoms with Gasteiger partial charge in [0.1, 0.15) is 0 Å². The molecule has 1 atom stereocenters. The minimum absolute atomic E-state index is 0.641. The van der Waals surface area contributed by atoms with E-state index in [0.29, 0.717) is 5.56 Å². The molecule has 1 N–H and O–H groups in total. The largest absolute Gasteiger partial charge is 0.373 e. The minimum Gasteiger partial charge on any atom is -0.373 e. The van der Waals surface area contributed by atoms with Crippen LogP contribution in [0.4, 0.5) is 0 Å². The molecule has 1 unspecified atom stereocenters. The maximum atomic E-state index is 9.45. The van der Waals surface area contributed by atoms with E-state index in [1.54, 1.807) is 12.1 Å². The molecule has 0 aromatic heterocycles. The molecule has 0 heterocycles. The van der Waals surface area contributed by atoms with E-state index < -0.39 is 5.60 Å². The smallest absolute Gasteiger partial charge is 0.150 e. The Balaban J connectivity index is 3.05. The van der Waals surface area contributed by atoms with Gasteiger partial charge < -0.3 is 5.11 Å². The van der Waals surface area contributed by atoms with Crippen molar-refractivity contribution in [2.24, 2.45) is 0 Å². The summed E-state index contributed by atoms with van der Waals surface area (Å²) in [5.74, 6) is 2.20. The van der Waals surface area contributed by atoms with Crippen molar-refractivity contribution in [1.82, 2.24) is 0 Å². The zero-order chi connectivity index (χ0) is 8.32. The van der Waals surface area contributed by atoms with Gasteiger partial charge in [-0.1, -0.05) is 36.3 Å². The maximum Gasteiger partial charge on any atom is 0.150 e. The first-order chi connectivity index (χ1) is 5.17. The molecule has 1 heteroatoms. The summed E-state index contributed by atoms with van der Waals surface area (Å²) in [7, 11) is 0. The number of aliphatic hydroxyl groups is 1. The zero-order valence-corrected chi connectivity index (χ0v) is 6.12. The van der Waals surface area contributed by atoms with Crippen molar-refractivity contribution in [2.45, 2.75) is 5.60 Å². The Labute approximate surface area is 66.7 Å². The Bertz CT molecular complexity index is 267. The summed E-state index contributed by atoms with van der Waals surface area (Å²) in [5, 5.41) is 9.45. The topological polar surface area (TPSA) is 20.2 Å². The molecule has 0 amide bonds. The molecular weight excluding hydrogens is 136 g/mol. The predicted octanol–water partition coefficient (Wildman–Crippen LogP) is 1.34. The van der Waals surface area contributed by atoms with Crippen LogP contribution in [0.15, 0.2) is 30.3 Å². The maximum absolute atomic E-state index is 9.45. The highest BCUT2D eigenvalue weighted by Crippen LogP contribution is 2.17. The predicted molar refractivity (Wildman–Crippen MR) is 44.5 cm³/mol. The summed E-state index contributed by atoms with van der Waals surface area (Å²) in [4.78, 5) is 0. The third kappa shape index (κ3) is 1.60. The van der Waals surface area contributed by atoms with Gasteiger partial charge in [0, 0.05) is 0 Å². The Morgan fingerprint density at radius 1 is 1.36 bits per heavy atom. The van der Waals surface area contributed by atoms with Crippen LogP contribution in [-0.2, 0) is 5.60 Å². The van der Waals surface area contributed by atoms with Gasteiger partial charge >= 0.3 is 0 Å². The molecule has 0 bridgehead atoms. The summed E-state index contributed by atoms with van der Waals surface area (Å²) in [5.41, 5.74) is -0.746. The fourth-order valence-corrected chi connectivity index (χ4v) is 0.797. The van der Waals surface area contributed by atoms with Gasteiger partial charge in [0.25, 0.3) is 0 Å². The van der Waals surface area contributed by atoms with Crippen molar-refractivity contribution >= 4 is 0 Å². The molecule has 1 aromatic rings. The number of terminal acetylenes is 1. The molecule has 0 fully saturated rings. The highest BCUT2D eigenvalue weighted by Gasteiger charge is 2.18. The lowest BCUT2D eigenvalue weighted by molar-refractivity contribution is 0.151. The Kier molecular flexibility index (Phi) is 1.98. The molecule has 11 heavy (non-hydrogen) atoms. The quantitative estimate of drug-likeness (QED) is 0.591. The molecular formula is C10H9O. The summed E-state index contributed by atoms with van der Waals surface area (Å²) >= 11 is 0.